The van der Waals surface area contributed by atoms with Crippen LogP contribution in [0.5, 0.6) is 0 Å². The summed E-state index contributed by atoms with van der Waals surface area (Å²) in [5.74, 6) is -0.687. The fourth-order valence-electron chi connectivity index (χ4n) is 1.54. The van der Waals surface area contributed by atoms with E-state index in [2.05, 4.69) is 20.7 Å². The maximum Gasteiger partial charge on any atom is 0.339 e. The highest BCUT2D eigenvalue weighted by Gasteiger charge is 2.20. The van der Waals surface area contributed by atoms with Gasteiger partial charge < -0.3 is 9.52 Å². The van der Waals surface area contributed by atoms with E-state index in [1.165, 1.54) is 19.1 Å². The fraction of sp³-hybridized carbons (Fsp3) is 0.182. The van der Waals surface area contributed by atoms with Crippen molar-refractivity contribution in [2.75, 3.05) is 0 Å². The quantitative estimate of drug-likeness (QED) is 0.783. The summed E-state index contributed by atoms with van der Waals surface area (Å²) in [5, 5.41) is 9.21. The molecule has 0 aromatic carbocycles. The number of carboxylic acids is 1. The molecule has 6 nitrogen and oxygen atoms in total. The molecule has 0 aliphatic heterocycles. The molecule has 0 saturated heterocycles. The number of carboxylic acid groups (broad SMARTS) is 1. The smallest absolute Gasteiger partial charge is 0.339 e. The van der Waals surface area contributed by atoms with Crippen LogP contribution in [-0.4, -0.2) is 19.5 Å². The summed E-state index contributed by atoms with van der Waals surface area (Å²) in [6, 6.07) is 2.62. The molecule has 2 heterocycles. The first-order valence-electron chi connectivity index (χ1n) is 5.48. The van der Waals surface area contributed by atoms with Crippen molar-refractivity contribution in [2.45, 2.75) is 17.7 Å². The first kappa shape index (κ1) is 16.5. The van der Waals surface area contributed by atoms with E-state index in [0.29, 0.717) is 8.81 Å². The number of hydrogen-bond donors (Lipinski definition) is 2. The SMILES string of the molecule is Cc1oc(CNS(=O)(=O)c2cc(Cl)c(Br)s2)cc1C(=O)O. The minimum absolute atomic E-state index is 0.00566. The van der Waals surface area contributed by atoms with Gasteiger partial charge in [-0.25, -0.2) is 17.9 Å². The minimum Gasteiger partial charge on any atom is -0.478 e. The topological polar surface area (TPSA) is 96.6 Å². The molecule has 0 bridgehead atoms. The van der Waals surface area contributed by atoms with Gasteiger partial charge in [0.15, 0.2) is 0 Å². The molecule has 2 aromatic rings. The maximum absolute atomic E-state index is 12.1. The first-order chi connectivity index (χ1) is 9.70. The van der Waals surface area contributed by atoms with E-state index in [1.807, 2.05) is 0 Å². The molecule has 0 unspecified atom stereocenters. The zero-order valence-corrected chi connectivity index (χ0v) is 14.5. The Bertz CT molecular complexity index is 776. The molecule has 0 aliphatic rings. The van der Waals surface area contributed by atoms with Gasteiger partial charge in [-0.05, 0) is 35.0 Å². The Labute approximate surface area is 137 Å². The van der Waals surface area contributed by atoms with Crippen LogP contribution in [0.2, 0.25) is 5.02 Å². The largest absolute Gasteiger partial charge is 0.478 e. The Morgan fingerprint density at radius 3 is 2.67 bits per heavy atom. The van der Waals surface area contributed by atoms with E-state index in [1.54, 1.807) is 0 Å². The van der Waals surface area contributed by atoms with Gasteiger partial charge >= 0.3 is 5.97 Å². The zero-order chi connectivity index (χ0) is 15.8. The third-order valence-electron chi connectivity index (χ3n) is 2.52. The molecule has 0 amide bonds. The van der Waals surface area contributed by atoms with Crippen molar-refractivity contribution in [3.63, 3.8) is 0 Å². The van der Waals surface area contributed by atoms with E-state index in [4.69, 9.17) is 21.1 Å². The standard InChI is InChI=1S/C11H9BrClNO5S2/c1-5-7(11(15)16)2-6(19-5)4-14-21(17,18)9-3-8(13)10(12)20-9/h2-3,14H,4H2,1H3,(H,15,16). The molecular weight excluding hydrogens is 406 g/mol. The third kappa shape index (κ3) is 3.67. The van der Waals surface area contributed by atoms with E-state index >= 15 is 0 Å². The average Bonchev–Trinajstić information content (AvgIpc) is 2.92. The summed E-state index contributed by atoms with van der Waals surface area (Å²) in [6.07, 6.45) is 0. The van der Waals surface area contributed by atoms with Crippen LogP contribution in [-0.2, 0) is 16.6 Å². The van der Waals surface area contributed by atoms with Crippen molar-refractivity contribution in [1.29, 1.82) is 0 Å². The van der Waals surface area contributed by atoms with Crippen molar-refractivity contribution >= 4 is 54.9 Å². The molecule has 0 aliphatic carbocycles. The molecule has 0 fully saturated rings. The third-order valence-corrected chi connectivity index (χ3v) is 6.87. The Kier molecular flexibility index (Phi) is 4.79. The van der Waals surface area contributed by atoms with E-state index < -0.39 is 16.0 Å². The van der Waals surface area contributed by atoms with Crippen molar-refractivity contribution in [1.82, 2.24) is 4.72 Å². The lowest BCUT2D eigenvalue weighted by molar-refractivity contribution is 0.0695. The predicted octanol–water partition coefficient (Wildman–Crippen LogP) is 3.24. The van der Waals surface area contributed by atoms with Crippen LogP contribution < -0.4 is 4.72 Å². The average molecular weight is 415 g/mol. The molecule has 0 atom stereocenters. The van der Waals surface area contributed by atoms with Crippen molar-refractivity contribution < 1.29 is 22.7 Å². The maximum atomic E-state index is 12.1. The fourth-order valence-corrected chi connectivity index (χ4v) is 4.98. The number of rotatable bonds is 5. The lowest BCUT2D eigenvalue weighted by Gasteiger charge is -2.02. The van der Waals surface area contributed by atoms with Crippen LogP contribution in [0, 0.1) is 6.92 Å². The number of aromatic carboxylic acids is 1. The molecule has 114 valence electrons. The monoisotopic (exact) mass is 413 g/mol. The van der Waals surface area contributed by atoms with Gasteiger partial charge in [0.25, 0.3) is 10.0 Å². The number of furan rings is 1. The molecule has 0 saturated carbocycles. The summed E-state index contributed by atoms with van der Waals surface area (Å²) >= 11 is 9.92. The summed E-state index contributed by atoms with van der Waals surface area (Å²) in [7, 11) is -3.74. The number of halogens is 2. The molecule has 2 N–H and O–H groups in total. The predicted molar refractivity (Wildman–Crippen MR) is 81.5 cm³/mol. The second kappa shape index (κ2) is 6.09. The number of sulfonamides is 1. The Hall–Kier alpha value is -0.870. The number of nitrogens with one attached hydrogen (secondary N) is 1. The molecule has 2 aromatic heterocycles. The van der Waals surface area contributed by atoms with Crippen LogP contribution in [0.4, 0.5) is 0 Å². The lowest BCUT2D eigenvalue weighted by Crippen LogP contribution is -2.22. The summed E-state index contributed by atoms with van der Waals surface area (Å²) < 4.78 is 32.2. The van der Waals surface area contributed by atoms with Crippen molar-refractivity contribution in [3.05, 3.63) is 38.0 Å². The highest BCUT2D eigenvalue weighted by Crippen LogP contribution is 2.34. The van der Waals surface area contributed by atoms with Gasteiger partial charge in [-0.15, -0.1) is 11.3 Å². The summed E-state index contributed by atoms with van der Waals surface area (Å²) in [4.78, 5) is 10.9. The summed E-state index contributed by atoms with van der Waals surface area (Å²) in [6.45, 7) is 1.35. The van der Waals surface area contributed by atoms with Gasteiger partial charge in [0.1, 0.15) is 21.3 Å². The van der Waals surface area contributed by atoms with Gasteiger partial charge in [-0.3, -0.25) is 0 Å². The molecule has 2 rings (SSSR count). The number of carbonyl (C=O) groups is 1. The highest BCUT2D eigenvalue weighted by atomic mass is 79.9. The molecular formula is C11H9BrClNO5S2. The molecule has 0 radical (unpaired) electrons. The van der Waals surface area contributed by atoms with Gasteiger partial charge in [-0.2, -0.15) is 0 Å². The summed E-state index contributed by atoms with van der Waals surface area (Å²) in [5.41, 5.74) is 0.00566. The van der Waals surface area contributed by atoms with Crippen molar-refractivity contribution in [2.24, 2.45) is 0 Å². The number of aryl methyl sites for hydroxylation is 1. The highest BCUT2D eigenvalue weighted by molar-refractivity contribution is 9.11. The Morgan fingerprint density at radius 2 is 2.19 bits per heavy atom. The van der Waals surface area contributed by atoms with Gasteiger partial charge in [0.2, 0.25) is 0 Å². The van der Waals surface area contributed by atoms with Crippen LogP contribution >= 0.6 is 38.9 Å². The molecule has 0 spiro atoms. The Morgan fingerprint density at radius 1 is 1.52 bits per heavy atom. The molecule has 21 heavy (non-hydrogen) atoms. The van der Waals surface area contributed by atoms with Crippen LogP contribution in [0.1, 0.15) is 21.9 Å². The zero-order valence-electron chi connectivity index (χ0n) is 10.5. The van der Waals surface area contributed by atoms with Crippen LogP contribution in [0.25, 0.3) is 0 Å². The van der Waals surface area contributed by atoms with Crippen LogP contribution in [0.15, 0.2) is 24.5 Å². The second-order valence-electron chi connectivity index (χ2n) is 4.00. The minimum atomic E-state index is -3.74. The van der Waals surface area contributed by atoms with E-state index in [-0.39, 0.29) is 27.8 Å². The molecule has 10 heteroatoms. The first-order valence-corrected chi connectivity index (χ1v) is 8.95. The van der Waals surface area contributed by atoms with Gasteiger partial charge in [0.05, 0.1) is 15.4 Å². The number of thiophene rings is 1. The second-order valence-corrected chi connectivity index (χ2v) is 8.77. The number of hydrogen-bond acceptors (Lipinski definition) is 5. The van der Waals surface area contributed by atoms with Gasteiger partial charge in [0, 0.05) is 0 Å². The van der Waals surface area contributed by atoms with E-state index in [0.717, 1.165) is 11.3 Å². The van der Waals surface area contributed by atoms with E-state index in [9.17, 15) is 13.2 Å². The Balaban J connectivity index is 2.15. The van der Waals surface area contributed by atoms with Crippen molar-refractivity contribution in [3.8, 4) is 0 Å². The lowest BCUT2D eigenvalue weighted by atomic mass is 10.2. The normalized spacial score (nSPS) is 11.8. The van der Waals surface area contributed by atoms with Crippen LogP contribution in [0.3, 0.4) is 0 Å². The van der Waals surface area contributed by atoms with Gasteiger partial charge in [-0.1, -0.05) is 11.6 Å².